The molecule has 0 spiro atoms. The molecule has 2 aromatic rings. The van der Waals surface area contributed by atoms with Crippen molar-refractivity contribution in [2.45, 2.75) is 18.4 Å². The van der Waals surface area contributed by atoms with Crippen molar-refractivity contribution >= 4 is 21.7 Å². The van der Waals surface area contributed by atoms with Gasteiger partial charge in [0, 0.05) is 7.05 Å². The number of para-hydroxylation sites is 1. The van der Waals surface area contributed by atoms with E-state index in [9.17, 15) is 13.2 Å². The average Bonchev–Trinajstić information content (AvgIpc) is 2.87. The summed E-state index contributed by atoms with van der Waals surface area (Å²) < 4.78 is 30.5. The summed E-state index contributed by atoms with van der Waals surface area (Å²) in [6, 6.07) is 5.70. The minimum Gasteiger partial charge on any atom is -0.295 e. The molecule has 110 valence electrons. The van der Waals surface area contributed by atoms with E-state index in [1.165, 1.54) is 18.0 Å². The van der Waals surface area contributed by atoms with E-state index in [-0.39, 0.29) is 11.4 Å². The quantitative estimate of drug-likeness (QED) is 0.825. The first-order chi connectivity index (χ1) is 9.93. The standard InChI is InChI=1S/C12H12N4O4S/c1-8-9(14-20-13-8)7-16-12(17)15(2)10-5-3-4-6-11(10)21(16,18)19/h3-6H,7H2,1-2H3. The van der Waals surface area contributed by atoms with E-state index in [0.29, 0.717) is 17.1 Å². The highest BCUT2D eigenvalue weighted by Gasteiger charge is 2.40. The van der Waals surface area contributed by atoms with Crippen LogP contribution in [0.1, 0.15) is 11.4 Å². The largest absolute Gasteiger partial charge is 0.338 e. The predicted molar refractivity (Wildman–Crippen MR) is 72.0 cm³/mol. The zero-order valence-corrected chi connectivity index (χ0v) is 12.2. The molecule has 1 aromatic heterocycles. The highest BCUT2D eigenvalue weighted by molar-refractivity contribution is 7.90. The van der Waals surface area contributed by atoms with Crippen molar-refractivity contribution in [3.63, 3.8) is 0 Å². The Kier molecular flexibility index (Phi) is 2.94. The van der Waals surface area contributed by atoms with Gasteiger partial charge in [0.2, 0.25) is 0 Å². The molecule has 0 saturated carbocycles. The summed E-state index contributed by atoms with van der Waals surface area (Å²) in [4.78, 5) is 13.7. The van der Waals surface area contributed by atoms with Gasteiger partial charge in [0.15, 0.2) is 0 Å². The van der Waals surface area contributed by atoms with Gasteiger partial charge >= 0.3 is 6.03 Å². The molecule has 8 nitrogen and oxygen atoms in total. The fourth-order valence-electron chi connectivity index (χ4n) is 2.13. The van der Waals surface area contributed by atoms with Crippen molar-refractivity contribution in [1.82, 2.24) is 14.6 Å². The Hall–Kier alpha value is -2.42. The summed E-state index contributed by atoms with van der Waals surface area (Å²) in [6.45, 7) is 1.42. The molecular weight excluding hydrogens is 296 g/mol. The minimum absolute atomic E-state index is 0.0845. The fourth-order valence-corrected chi connectivity index (χ4v) is 3.70. The number of sulfonamides is 1. The highest BCUT2D eigenvalue weighted by atomic mass is 32.2. The van der Waals surface area contributed by atoms with Crippen molar-refractivity contribution in [2.75, 3.05) is 11.9 Å². The van der Waals surface area contributed by atoms with Crippen LogP contribution in [0.3, 0.4) is 0 Å². The number of rotatable bonds is 2. The first-order valence-corrected chi connectivity index (χ1v) is 7.54. The molecule has 1 aliphatic rings. The second kappa shape index (κ2) is 4.55. The molecule has 0 atom stereocenters. The molecule has 0 N–H and O–H groups in total. The second-order valence-electron chi connectivity index (χ2n) is 4.62. The maximum absolute atomic E-state index is 12.6. The number of hydrogen-bond donors (Lipinski definition) is 0. The number of aromatic nitrogens is 2. The number of benzene rings is 1. The van der Waals surface area contributed by atoms with Gasteiger partial charge in [-0.3, -0.25) is 4.90 Å². The smallest absolute Gasteiger partial charge is 0.295 e. The summed E-state index contributed by atoms with van der Waals surface area (Å²) in [5, 5.41) is 7.21. The molecule has 3 rings (SSSR count). The fraction of sp³-hybridized carbons (Fsp3) is 0.250. The van der Waals surface area contributed by atoms with Gasteiger partial charge in [0.25, 0.3) is 10.0 Å². The van der Waals surface area contributed by atoms with Gasteiger partial charge in [-0.15, -0.1) is 0 Å². The third kappa shape index (κ3) is 1.97. The number of fused-ring (bicyclic) bond motifs is 1. The van der Waals surface area contributed by atoms with E-state index in [4.69, 9.17) is 0 Å². The summed E-state index contributed by atoms with van der Waals surface area (Å²) in [6.07, 6.45) is 0. The summed E-state index contributed by atoms with van der Waals surface area (Å²) in [5.74, 6) is 0. The van der Waals surface area contributed by atoms with Crippen LogP contribution in [0.25, 0.3) is 0 Å². The summed E-state index contributed by atoms with van der Waals surface area (Å²) in [5.41, 5.74) is 1.10. The van der Waals surface area contributed by atoms with Gasteiger partial charge in [-0.05, 0) is 19.1 Å². The van der Waals surface area contributed by atoms with Crippen LogP contribution in [0, 0.1) is 6.92 Å². The number of anilines is 1. The number of hydrogen-bond acceptors (Lipinski definition) is 6. The van der Waals surface area contributed by atoms with Gasteiger partial charge in [0.05, 0.1) is 12.2 Å². The molecule has 9 heteroatoms. The van der Waals surface area contributed by atoms with Gasteiger partial charge < -0.3 is 0 Å². The molecule has 0 aliphatic carbocycles. The van der Waals surface area contributed by atoms with E-state index in [0.717, 1.165) is 4.31 Å². The maximum Gasteiger partial charge on any atom is 0.338 e. The van der Waals surface area contributed by atoms with E-state index in [1.807, 2.05) is 0 Å². The number of urea groups is 1. The molecule has 2 amide bonds. The first kappa shape index (κ1) is 13.6. The molecule has 1 aromatic carbocycles. The lowest BCUT2D eigenvalue weighted by molar-refractivity contribution is 0.226. The van der Waals surface area contributed by atoms with Gasteiger partial charge in [-0.1, -0.05) is 22.4 Å². The van der Waals surface area contributed by atoms with E-state index >= 15 is 0 Å². The average molecular weight is 308 g/mol. The molecule has 0 radical (unpaired) electrons. The van der Waals surface area contributed by atoms with E-state index < -0.39 is 16.1 Å². The first-order valence-electron chi connectivity index (χ1n) is 6.10. The van der Waals surface area contributed by atoms with Crippen molar-refractivity contribution in [1.29, 1.82) is 0 Å². The summed E-state index contributed by atoms with van der Waals surface area (Å²) >= 11 is 0. The van der Waals surface area contributed by atoms with Gasteiger partial charge in [-0.25, -0.2) is 22.1 Å². The number of aryl methyl sites for hydroxylation is 1. The van der Waals surface area contributed by atoms with Crippen LogP contribution in [0.4, 0.5) is 10.5 Å². The van der Waals surface area contributed by atoms with E-state index in [2.05, 4.69) is 14.9 Å². The van der Waals surface area contributed by atoms with Crippen molar-refractivity contribution in [2.24, 2.45) is 0 Å². The molecule has 21 heavy (non-hydrogen) atoms. The Morgan fingerprint density at radius 3 is 2.62 bits per heavy atom. The zero-order valence-electron chi connectivity index (χ0n) is 11.3. The number of carbonyl (C=O) groups is 1. The van der Waals surface area contributed by atoms with Crippen molar-refractivity contribution in [3.8, 4) is 0 Å². The van der Waals surface area contributed by atoms with Gasteiger partial charge in [0.1, 0.15) is 16.3 Å². The number of carbonyl (C=O) groups excluding carboxylic acids is 1. The molecule has 0 unspecified atom stereocenters. The SMILES string of the molecule is Cc1nonc1CN1C(=O)N(C)c2ccccc2S1(=O)=O. The Morgan fingerprint density at radius 2 is 1.95 bits per heavy atom. The third-order valence-corrected chi connectivity index (χ3v) is 5.10. The van der Waals surface area contributed by atoms with E-state index in [1.54, 1.807) is 25.1 Å². The van der Waals surface area contributed by atoms with Crippen molar-refractivity contribution in [3.05, 3.63) is 35.7 Å². The van der Waals surface area contributed by atoms with Crippen LogP contribution >= 0.6 is 0 Å². The lowest BCUT2D eigenvalue weighted by Gasteiger charge is -2.33. The van der Waals surface area contributed by atoms with Crippen LogP contribution < -0.4 is 4.90 Å². The molecule has 0 saturated heterocycles. The normalized spacial score (nSPS) is 17.0. The highest BCUT2D eigenvalue weighted by Crippen LogP contribution is 2.33. The molecule has 0 bridgehead atoms. The van der Waals surface area contributed by atoms with Crippen LogP contribution in [0.5, 0.6) is 0 Å². The number of nitrogens with zero attached hydrogens (tertiary/aromatic N) is 4. The minimum atomic E-state index is -3.93. The Balaban J connectivity index is 2.10. The third-order valence-electron chi connectivity index (χ3n) is 3.33. The van der Waals surface area contributed by atoms with Crippen LogP contribution in [-0.2, 0) is 16.6 Å². The molecular formula is C12H12N4O4S. The molecule has 2 heterocycles. The van der Waals surface area contributed by atoms with Crippen LogP contribution in [0.2, 0.25) is 0 Å². The topological polar surface area (TPSA) is 96.6 Å². The Labute approximate surface area is 121 Å². The maximum atomic E-state index is 12.6. The second-order valence-corrected chi connectivity index (χ2v) is 6.45. The Bertz CT molecular complexity index is 814. The van der Waals surface area contributed by atoms with Gasteiger partial charge in [-0.2, -0.15) is 0 Å². The van der Waals surface area contributed by atoms with Crippen LogP contribution in [-0.4, -0.2) is 36.1 Å². The van der Waals surface area contributed by atoms with Crippen molar-refractivity contribution < 1.29 is 17.8 Å². The Morgan fingerprint density at radius 1 is 1.24 bits per heavy atom. The molecule has 1 aliphatic heterocycles. The lowest BCUT2D eigenvalue weighted by Crippen LogP contribution is -2.48. The predicted octanol–water partition coefficient (Wildman–Crippen LogP) is 1.14. The lowest BCUT2D eigenvalue weighted by atomic mass is 10.3. The number of amides is 2. The zero-order chi connectivity index (χ0) is 15.2. The summed E-state index contributed by atoms with van der Waals surface area (Å²) in [7, 11) is -2.40. The monoisotopic (exact) mass is 308 g/mol. The van der Waals surface area contributed by atoms with Crippen LogP contribution in [0.15, 0.2) is 33.8 Å². The molecule has 0 fully saturated rings.